The van der Waals surface area contributed by atoms with Crippen LogP contribution in [0.2, 0.25) is 0 Å². The molecule has 13 heteroatoms. The minimum absolute atomic E-state index is 0.00702. The number of para-hydroxylation sites is 2. The van der Waals surface area contributed by atoms with E-state index in [4.69, 9.17) is 11.5 Å². The third-order valence-corrected chi connectivity index (χ3v) is 7.54. The van der Waals surface area contributed by atoms with Crippen LogP contribution < -0.4 is 27.4 Å². The summed E-state index contributed by atoms with van der Waals surface area (Å²) in [7, 11) is 0. The number of carbonyl (C=O) groups excluding carboxylic acids is 4. The van der Waals surface area contributed by atoms with E-state index in [1.54, 1.807) is 12.4 Å². The molecular weight excluding hydrogens is 578 g/mol. The van der Waals surface area contributed by atoms with Gasteiger partial charge in [0, 0.05) is 40.6 Å². The molecule has 4 rings (SSSR count). The third kappa shape index (κ3) is 8.48. The van der Waals surface area contributed by atoms with Gasteiger partial charge in [0.25, 0.3) is 0 Å². The van der Waals surface area contributed by atoms with Crippen molar-refractivity contribution in [3.8, 4) is 0 Å². The van der Waals surface area contributed by atoms with Gasteiger partial charge in [0.2, 0.25) is 23.6 Å². The molecule has 0 bridgehead atoms. The van der Waals surface area contributed by atoms with E-state index < -0.39 is 60.2 Å². The number of nitrogens with two attached hydrogens (primary N) is 2. The molecule has 2 heterocycles. The average Bonchev–Trinajstić information content (AvgIpc) is 3.59. The number of nitrogens with one attached hydrogen (secondary N) is 5. The Bertz CT molecular complexity index is 1690. The molecule has 0 aliphatic rings. The van der Waals surface area contributed by atoms with Crippen molar-refractivity contribution in [1.82, 2.24) is 25.9 Å². The van der Waals surface area contributed by atoms with Gasteiger partial charge in [-0.05, 0) is 42.0 Å². The predicted octanol–water partition coefficient (Wildman–Crippen LogP) is 1.22. The SMILES string of the molecule is CC(C)CC(NC(=O)C(Cc1c[nH]c2ccccc12)NC(=O)C(CC(N)=O)NC(=O)C(N)Cc1c[nH]c2ccccc12)C(=O)O. The zero-order valence-electron chi connectivity index (χ0n) is 25.1. The summed E-state index contributed by atoms with van der Waals surface area (Å²) >= 11 is 0. The maximum atomic E-state index is 13.5. The van der Waals surface area contributed by atoms with E-state index >= 15 is 0 Å². The summed E-state index contributed by atoms with van der Waals surface area (Å²) in [6.45, 7) is 3.65. The van der Waals surface area contributed by atoms with Crippen molar-refractivity contribution in [1.29, 1.82) is 0 Å². The number of carbonyl (C=O) groups is 5. The molecule has 0 aliphatic heterocycles. The van der Waals surface area contributed by atoms with Crippen LogP contribution in [0.5, 0.6) is 0 Å². The van der Waals surface area contributed by atoms with Crippen LogP contribution in [0.3, 0.4) is 0 Å². The molecule has 4 unspecified atom stereocenters. The highest BCUT2D eigenvalue weighted by Gasteiger charge is 2.32. The summed E-state index contributed by atoms with van der Waals surface area (Å²) < 4.78 is 0. The van der Waals surface area contributed by atoms with Crippen molar-refractivity contribution in [2.75, 3.05) is 0 Å². The van der Waals surface area contributed by atoms with Crippen LogP contribution in [0.25, 0.3) is 21.8 Å². The van der Waals surface area contributed by atoms with Crippen molar-refractivity contribution in [3.05, 3.63) is 72.1 Å². The highest BCUT2D eigenvalue weighted by molar-refractivity contribution is 5.97. The van der Waals surface area contributed by atoms with Gasteiger partial charge in [-0.2, -0.15) is 0 Å². The van der Waals surface area contributed by atoms with Crippen LogP contribution >= 0.6 is 0 Å². The molecule has 4 amide bonds. The second-order valence-corrected chi connectivity index (χ2v) is 11.6. The van der Waals surface area contributed by atoms with Crippen LogP contribution in [0.1, 0.15) is 37.8 Å². The highest BCUT2D eigenvalue weighted by Crippen LogP contribution is 2.20. The Morgan fingerprint density at radius 2 is 1.22 bits per heavy atom. The Morgan fingerprint density at radius 3 is 1.76 bits per heavy atom. The number of aromatic amines is 2. The molecule has 0 spiro atoms. The van der Waals surface area contributed by atoms with Gasteiger partial charge in [-0.1, -0.05) is 50.2 Å². The summed E-state index contributed by atoms with van der Waals surface area (Å²) in [5.41, 5.74) is 14.8. The van der Waals surface area contributed by atoms with Gasteiger partial charge in [0.05, 0.1) is 12.5 Å². The molecule has 2 aromatic carbocycles. The van der Waals surface area contributed by atoms with Gasteiger partial charge in [0.15, 0.2) is 0 Å². The fourth-order valence-corrected chi connectivity index (χ4v) is 5.29. The largest absolute Gasteiger partial charge is 0.480 e. The summed E-state index contributed by atoms with van der Waals surface area (Å²) in [4.78, 5) is 70.2. The second-order valence-electron chi connectivity index (χ2n) is 11.6. The molecule has 0 aliphatic carbocycles. The van der Waals surface area contributed by atoms with E-state index in [2.05, 4.69) is 25.9 Å². The Balaban J connectivity index is 1.53. The molecule has 4 atom stereocenters. The standard InChI is InChI=1S/C32H39N7O6/c1-17(2)11-27(32(44)45)39-30(42)25(13-19-16-36-24-10-6-4-8-21(19)24)38-31(43)26(14-28(34)40)37-29(41)22(33)12-18-15-35-23-9-5-3-7-20(18)23/h3-10,15-17,22,25-27,35-36H,11-14,33H2,1-2H3,(H2,34,40)(H,37,41)(H,38,43)(H,39,42)(H,44,45). The van der Waals surface area contributed by atoms with E-state index in [0.29, 0.717) is 5.56 Å². The van der Waals surface area contributed by atoms with Gasteiger partial charge in [0.1, 0.15) is 18.1 Å². The number of aliphatic carboxylic acids is 1. The average molecular weight is 618 g/mol. The van der Waals surface area contributed by atoms with Crippen molar-refractivity contribution in [2.45, 2.75) is 63.7 Å². The molecule has 13 nitrogen and oxygen atoms in total. The molecule has 10 N–H and O–H groups in total. The lowest BCUT2D eigenvalue weighted by Crippen LogP contribution is -2.58. The van der Waals surface area contributed by atoms with E-state index in [-0.39, 0.29) is 25.2 Å². The molecular formula is C32H39N7O6. The Morgan fingerprint density at radius 1 is 0.733 bits per heavy atom. The minimum Gasteiger partial charge on any atom is -0.480 e. The monoisotopic (exact) mass is 617 g/mol. The van der Waals surface area contributed by atoms with Crippen molar-refractivity contribution < 1.29 is 29.1 Å². The summed E-state index contributed by atoms with van der Waals surface area (Å²) in [6, 6.07) is 9.96. The normalized spacial score (nSPS) is 14.0. The van der Waals surface area contributed by atoms with Crippen molar-refractivity contribution in [2.24, 2.45) is 17.4 Å². The van der Waals surface area contributed by atoms with Crippen LogP contribution in [-0.2, 0) is 36.8 Å². The van der Waals surface area contributed by atoms with Crippen LogP contribution in [0, 0.1) is 5.92 Å². The van der Waals surface area contributed by atoms with E-state index in [0.717, 1.165) is 27.4 Å². The second kappa shape index (κ2) is 14.5. The van der Waals surface area contributed by atoms with Gasteiger partial charge in [-0.3, -0.25) is 19.2 Å². The number of hydrogen-bond donors (Lipinski definition) is 8. The third-order valence-electron chi connectivity index (χ3n) is 7.54. The smallest absolute Gasteiger partial charge is 0.326 e. The Kier molecular flexibility index (Phi) is 10.6. The van der Waals surface area contributed by atoms with Gasteiger partial charge >= 0.3 is 5.97 Å². The van der Waals surface area contributed by atoms with Gasteiger partial charge < -0.3 is 42.5 Å². The molecule has 0 radical (unpaired) electrons. The first-order chi connectivity index (χ1) is 21.4. The highest BCUT2D eigenvalue weighted by atomic mass is 16.4. The number of primary amides is 1. The van der Waals surface area contributed by atoms with Gasteiger partial charge in [-0.25, -0.2) is 4.79 Å². The molecule has 4 aromatic rings. The number of benzene rings is 2. The maximum Gasteiger partial charge on any atom is 0.326 e. The molecule has 0 fully saturated rings. The lowest BCUT2D eigenvalue weighted by molar-refractivity contribution is -0.143. The fraction of sp³-hybridized carbons (Fsp3) is 0.344. The fourth-order valence-electron chi connectivity index (χ4n) is 5.29. The van der Waals surface area contributed by atoms with Crippen molar-refractivity contribution in [3.63, 3.8) is 0 Å². The maximum absolute atomic E-state index is 13.5. The molecule has 2 aromatic heterocycles. The van der Waals surface area contributed by atoms with Crippen LogP contribution in [-0.4, -0.2) is 68.8 Å². The molecule has 238 valence electrons. The lowest BCUT2D eigenvalue weighted by atomic mass is 10.0. The quantitative estimate of drug-likeness (QED) is 0.0972. The van der Waals surface area contributed by atoms with E-state index in [1.165, 1.54) is 0 Å². The Labute approximate surface area is 259 Å². The number of rotatable bonds is 15. The zero-order chi connectivity index (χ0) is 32.7. The first-order valence-electron chi connectivity index (χ1n) is 14.7. The topological polar surface area (TPSA) is 225 Å². The van der Waals surface area contributed by atoms with Gasteiger partial charge in [-0.15, -0.1) is 0 Å². The van der Waals surface area contributed by atoms with E-state index in [9.17, 15) is 29.1 Å². The number of carboxylic acids is 1. The number of fused-ring (bicyclic) bond motifs is 2. The predicted molar refractivity (Wildman–Crippen MR) is 169 cm³/mol. The van der Waals surface area contributed by atoms with E-state index in [1.807, 2.05) is 62.4 Å². The van der Waals surface area contributed by atoms with Crippen LogP contribution in [0.4, 0.5) is 0 Å². The molecule has 45 heavy (non-hydrogen) atoms. The number of amides is 4. The summed E-state index contributed by atoms with van der Waals surface area (Å²) in [5, 5.41) is 19.1. The Hall–Kier alpha value is -5.17. The zero-order valence-corrected chi connectivity index (χ0v) is 25.1. The minimum atomic E-state index is -1.44. The summed E-state index contributed by atoms with van der Waals surface area (Å²) in [6.07, 6.45) is 3.22. The first kappa shape index (κ1) is 32.7. The van der Waals surface area contributed by atoms with Crippen molar-refractivity contribution >= 4 is 51.4 Å². The number of hydrogen-bond acceptors (Lipinski definition) is 6. The lowest BCUT2D eigenvalue weighted by Gasteiger charge is -2.25. The summed E-state index contributed by atoms with van der Waals surface area (Å²) in [5.74, 6) is -4.38. The molecule has 0 saturated heterocycles. The first-order valence-corrected chi connectivity index (χ1v) is 14.7. The van der Waals surface area contributed by atoms with Crippen LogP contribution in [0.15, 0.2) is 60.9 Å². The number of carboxylic acid groups (broad SMARTS) is 1. The molecule has 0 saturated carbocycles. The number of H-pyrrole nitrogens is 2. The number of aromatic nitrogens is 2.